The van der Waals surface area contributed by atoms with Crippen molar-refractivity contribution in [3.8, 4) is 0 Å². The monoisotopic (exact) mass is 317 g/mol. The van der Waals surface area contributed by atoms with Gasteiger partial charge >= 0.3 is 0 Å². The van der Waals surface area contributed by atoms with Crippen LogP contribution in [-0.4, -0.2) is 56.2 Å². The zero-order chi connectivity index (χ0) is 17.0. The third-order valence-electron chi connectivity index (χ3n) is 3.97. The second-order valence-electron chi connectivity index (χ2n) is 6.03. The lowest BCUT2D eigenvalue weighted by Gasteiger charge is -2.17. The summed E-state index contributed by atoms with van der Waals surface area (Å²) >= 11 is 0. The molecule has 1 fully saturated rings. The molecule has 6 nitrogen and oxygen atoms in total. The van der Waals surface area contributed by atoms with Gasteiger partial charge in [-0.2, -0.15) is 0 Å². The number of amides is 2. The largest absolute Gasteiger partial charge is 0.354 e. The molecule has 2 rings (SSSR count). The summed E-state index contributed by atoms with van der Waals surface area (Å²) in [4.78, 5) is 39.5. The molecule has 124 valence electrons. The summed E-state index contributed by atoms with van der Waals surface area (Å²) < 4.78 is 0. The Morgan fingerprint density at radius 2 is 1.91 bits per heavy atom. The van der Waals surface area contributed by atoms with Crippen molar-refractivity contribution in [3.63, 3.8) is 0 Å². The molecule has 0 aliphatic carbocycles. The fourth-order valence-electron chi connectivity index (χ4n) is 2.58. The van der Waals surface area contributed by atoms with Crippen molar-refractivity contribution in [2.45, 2.75) is 13.3 Å². The summed E-state index contributed by atoms with van der Waals surface area (Å²) in [6.07, 6.45) is 0.515. The summed E-state index contributed by atoms with van der Waals surface area (Å²) in [7, 11) is 3.86. The van der Waals surface area contributed by atoms with Crippen LogP contribution in [0.5, 0.6) is 0 Å². The van der Waals surface area contributed by atoms with Crippen molar-refractivity contribution in [2.75, 3.05) is 38.6 Å². The molecule has 1 aromatic carbocycles. The van der Waals surface area contributed by atoms with Gasteiger partial charge in [-0.3, -0.25) is 14.4 Å². The number of hydrogen-bond donors (Lipinski definition) is 1. The highest BCUT2D eigenvalue weighted by molar-refractivity contribution is 6.09. The molecule has 0 spiro atoms. The first kappa shape index (κ1) is 17.1. The maximum absolute atomic E-state index is 12.5. The van der Waals surface area contributed by atoms with Crippen LogP contribution in [0.2, 0.25) is 0 Å². The molecule has 0 bridgehead atoms. The van der Waals surface area contributed by atoms with Crippen molar-refractivity contribution in [2.24, 2.45) is 5.92 Å². The Morgan fingerprint density at radius 3 is 2.48 bits per heavy atom. The van der Waals surface area contributed by atoms with Crippen LogP contribution in [0.3, 0.4) is 0 Å². The van der Waals surface area contributed by atoms with Gasteiger partial charge in [-0.15, -0.1) is 0 Å². The molecule has 1 N–H and O–H groups in total. The highest BCUT2D eigenvalue weighted by atomic mass is 16.2. The quantitative estimate of drug-likeness (QED) is 0.626. The normalized spacial score (nSPS) is 17.7. The molecule has 0 unspecified atom stereocenters. The average molecular weight is 317 g/mol. The zero-order valence-electron chi connectivity index (χ0n) is 13.8. The Bertz CT molecular complexity index is 596. The summed E-state index contributed by atoms with van der Waals surface area (Å²) in [5.41, 5.74) is 1.34. The summed E-state index contributed by atoms with van der Waals surface area (Å²) in [5, 5.41) is 2.81. The second-order valence-corrected chi connectivity index (χ2v) is 6.03. The first-order valence-electron chi connectivity index (χ1n) is 7.75. The van der Waals surface area contributed by atoms with Crippen LogP contribution in [0.1, 0.15) is 23.7 Å². The SMILES string of the molecule is CC(=O)c1ccc(N2CC[C@H](C(=O)NCCN(C)C)C2=O)cc1. The fourth-order valence-corrected chi connectivity index (χ4v) is 2.58. The van der Waals surface area contributed by atoms with Gasteiger partial charge in [-0.25, -0.2) is 0 Å². The van der Waals surface area contributed by atoms with Crippen molar-refractivity contribution in [1.82, 2.24) is 10.2 Å². The molecule has 0 aromatic heterocycles. The number of Topliss-reactive ketones (excluding diaryl/α,β-unsaturated/α-hetero) is 1. The minimum absolute atomic E-state index is 0.0116. The summed E-state index contributed by atoms with van der Waals surface area (Å²) in [6.45, 7) is 3.29. The molecule has 1 atom stereocenters. The number of carbonyl (C=O) groups is 3. The van der Waals surface area contributed by atoms with E-state index >= 15 is 0 Å². The van der Waals surface area contributed by atoms with Gasteiger partial charge in [0.1, 0.15) is 5.92 Å². The predicted octanol–water partition coefficient (Wildman–Crippen LogP) is 0.920. The Balaban J connectivity index is 1.98. The van der Waals surface area contributed by atoms with E-state index in [1.165, 1.54) is 6.92 Å². The van der Waals surface area contributed by atoms with Gasteiger partial charge in [0.25, 0.3) is 0 Å². The number of nitrogens with zero attached hydrogens (tertiary/aromatic N) is 2. The Hall–Kier alpha value is -2.21. The second kappa shape index (κ2) is 7.37. The predicted molar refractivity (Wildman–Crippen MR) is 88.5 cm³/mol. The van der Waals surface area contributed by atoms with E-state index in [2.05, 4.69) is 5.32 Å². The lowest BCUT2D eigenvalue weighted by atomic mass is 10.1. The van der Waals surface area contributed by atoms with E-state index in [1.807, 2.05) is 19.0 Å². The summed E-state index contributed by atoms with van der Waals surface area (Å²) in [6, 6.07) is 6.91. The standard InChI is InChI=1S/C17H23N3O3/c1-12(21)13-4-6-14(7-5-13)20-10-8-15(17(20)23)16(22)18-9-11-19(2)3/h4-7,15H,8-11H2,1-3H3,(H,18,22)/t15-/m1/s1. The van der Waals surface area contributed by atoms with Crippen LogP contribution < -0.4 is 10.2 Å². The molecule has 2 amide bonds. The lowest BCUT2D eigenvalue weighted by Crippen LogP contribution is -2.39. The van der Waals surface area contributed by atoms with Crippen LogP contribution in [0.4, 0.5) is 5.69 Å². The molecule has 1 aliphatic heterocycles. The van der Waals surface area contributed by atoms with Gasteiger partial charge in [-0.1, -0.05) is 0 Å². The van der Waals surface area contributed by atoms with Crippen LogP contribution in [0.25, 0.3) is 0 Å². The zero-order valence-corrected chi connectivity index (χ0v) is 13.8. The van der Waals surface area contributed by atoms with E-state index in [9.17, 15) is 14.4 Å². The molecule has 1 aliphatic rings. The first-order chi connectivity index (χ1) is 10.9. The number of nitrogens with one attached hydrogen (secondary N) is 1. The maximum Gasteiger partial charge on any atom is 0.239 e. The van der Waals surface area contributed by atoms with E-state index in [-0.39, 0.29) is 17.6 Å². The van der Waals surface area contributed by atoms with E-state index in [0.29, 0.717) is 25.1 Å². The van der Waals surface area contributed by atoms with Crippen molar-refractivity contribution in [1.29, 1.82) is 0 Å². The van der Waals surface area contributed by atoms with E-state index in [1.54, 1.807) is 29.2 Å². The molecule has 6 heteroatoms. The number of benzene rings is 1. The average Bonchev–Trinajstić information content (AvgIpc) is 2.88. The number of anilines is 1. The van der Waals surface area contributed by atoms with E-state index in [0.717, 1.165) is 12.2 Å². The van der Waals surface area contributed by atoms with Gasteiger partial charge in [0.05, 0.1) is 0 Å². The molecule has 0 radical (unpaired) electrons. The molecule has 0 saturated carbocycles. The van der Waals surface area contributed by atoms with Crippen LogP contribution in [0.15, 0.2) is 24.3 Å². The van der Waals surface area contributed by atoms with E-state index in [4.69, 9.17) is 0 Å². The molecule has 1 saturated heterocycles. The van der Waals surface area contributed by atoms with Crippen LogP contribution in [0, 0.1) is 5.92 Å². The molecule has 1 aromatic rings. The number of carbonyl (C=O) groups excluding carboxylic acids is 3. The highest BCUT2D eigenvalue weighted by Gasteiger charge is 2.37. The topological polar surface area (TPSA) is 69.7 Å². The fraction of sp³-hybridized carbons (Fsp3) is 0.471. The smallest absolute Gasteiger partial charge is 0.239 e. The molecule has 23 heavy (non-hydrogen) atoms. The Kier molecular flexibility index (Phi) is 5.50. The lowest BCUT2D eigenvalue weighted by molar-refractivity contribution is -0.132. The van der Waals surface area contributed by atoms with Gasteiger partial charge in [0.15, 0.2) is 5.78 Å². The van der Waals surface area contributed by atoms with Gasteiger partial charge < -0.3 is 15.1 Å². The minimum Gasteiger partial charge on any atom is -0.354 e. The maximum atomic E-state index is 12.5. The van der Waals surface area contributed by atoms with Gasteiger partial charge in [0.2, 0.25) is 11.8 Å². The Morgan fingerprint density at radius 1 is 1.26 bits per heavy atom. The van der Waals surface area contributed by atoms with Crippen molar-refractivity contribution >= 4 is 23.3 Å². The third-order valence-corrected chi connectivity index (χ3v) is 3.97. The molecular weight excluding hydrogens is 294 g/mol. The highest BCUT2D eigenvalue weighted by Crippen LogP contribution is 2.25. The minimum atomic E-state index is -0.621. The van der Waals surface area contributed by atoms with Gasteiger partial charge in [0, 0.05) is 30.9 Å². The molecular formula is C17H23N3O3. The number of likely N-dealkylation sites (N-methyl/N-ethyl adjacent to an activating group) is 1. The van der Waals surface area contributed by atoms with Crippen molar-refractivity contribution in [3.05, 3.63) is 29.8 Å². The van der Waals surface area contributed by atoms with Crippen molar-refractivity contribution < 1.29 is 14.4 Å². The third kappa shape index (κ3) is 4.16. The number of rotatable bonds is 6. The number of hydrogen-bond acceptors (Lipinski definition) is 4. The van der Waals surface area contributed by atoms with Gasteiger partial charge in [-0.05, 0) is 51.7 Å². The van der Waals surface area contributed by atoms with Crippen LogP contribution >= 0.6 is 0 Å². The first-order valence-corrected chi connectivity index (χ1v) is 7.75. The molecule has 1 heterocycles. The Labute approximate surface area is 136 Å². The van der Waals surface area contributed by atoms with E-state index < -0.39 is 5.92 Å². The number of ketones is 1. The van der Waals surface area contributed by atoms with Crippen LogP contribution in [-0.2, 0) is 9.59 Å². The summed E-state index contributed by atoms with van der Waals surface area (Å²) in [5.74, 6) is -1.02.